The van der Waals surface area contributed by atoms with E-state index in [-0.39, 0.29) is 5.52 Å². The van der Waals surface area contributed by atoms with Gasteiger partial charge in [0.2, 0.25) is 0 Å². The van der Waals surface area contributed by atoms with E-state index >= 15 is 0 Å². The van der Waals surface area contributed by atoms with Crippen molar-refractivity contribution < 1.29 is 30.5 Å². The number of benzene rings is 1. The van der Waals surface area contributed by atoms with Gasteiger partial charge in [-0.3, -0.25) is 4.98 Å². The van der Waals surface area contributed by atoms with E-state index in [0.717, 1.165) is 11.8 Å². The summed E-state index contributed by atoms with van der Waals surface area (Å²) in [5.74, 6) is -0.458. The number of anilines is 1. The van der Waals surface area contributed by atoms with Crippen LogP contribution in [-0.2, 0) is 14.9 Å². The normalized spacial score (nSPS) is 16.4. The maximum absolute atomic E-state index is 12.5. The smallest absolute Gasteiger partial charge is 0.378 e. The van der Waals surface area contributed by atoms with Gasteiger partial charge < -0.3 is 13.8 Å². The molecule has 3 rings (SSSR count). The second-order valence-electron chi connectivity index (χ2n) is 5.07. The molecule has 0 saturated carbocycles. The predicted molar refractivity (Wildman–Crippen MR) is 80.4 cm³/mol. The molecular formula is C14H13F3N2O4S. The van der Waals surface area contributed by atoms with Crippen LogP contribution in [-0.4, -0.2) is 45.2 Å². The molecule has 1 aliphatic rings. The molecule has 0 N–H and O–H groups in total. The fourth-order valence-corrected chi connectivity index (χ4v) is 2.91. The van der Waals surface area contributed by atoms with E-state index in [0.29, 0.717) is 31.7 Å². The molecule has 1 aromatic carbocycles. The lowest BCUT2D eigenvalue weighted by atomic mass is 10.1. The second-order valence-corrected chi connectivity index (χ2v) is 6.60. The summed E-state index contributed by atoms with van der Waals surface area (Å²) in [5, 5.41) is 0.509. The Morgan fingerprint density at radius 3 is 2.54 bits per heavy atom. The minimum atomic E-state index is -5.75. The Morgan fingerprint density at radius 1 is 1.17 bits per heavy atom. The molecule has 10 heteroatoms. The van der Waals surface area contributed by atoms with Crippen LogP contribution in [0.5, 0.6) is 5.75 Å². The first kappa shape index (κ1) is 16.8. The molecule has 1 fully saturated rings. The van der Waals surface area contributed by atoms with Gasteiger partial charge in [0.15, 0.2) is 5.75 Å². The average molecular weight is 362 g/mol. The van der Waals surface area contributed by atoms with Gasteiger partial charge in [0.05, 0.1) is 13.2 Å². The van der Waals surface area contributed by atoms with Crippen molar-refractivity contribution in [2.24, 2.45) is 0 Å². The molecule has 2 aromatic rings. The first-order valence-corrected chi connectivity index (χ1v) is 8.41. The standard InChI is InChI=1S/C14H13F3N2O4S/c15-14(16,17)24(20,21)23-12-3-1-2-10-11(4-5-18-13(10)12)19-6-8-22-9-7-19/h1-5H,6-9H2. The molecule has 1 aromatic heterocycles. The zero-order chi connectivity index (χ0) is 17.4. The van der Waals surface area contributed by atoms with E-state index in [1.54, 1.807) is 12.1 Å². The highest BCUT2D eigenvalue weighted by Gasteiger charge is 2.48. The molecule has 0 aliphatic carbocycles. The van der Waals surface area contributed by atoms with Crippen LogP contribution in [0.4, 0.5) is 18.9 Å². The number of nitrogens with zero attached hydrogens (tertiary/aromatic N) is 2. The third-order valence-corrected chi connectivity index (χ3v) is 4.51. The first-order chi connectivity index (χ1) is 11.3. The molecule has 2 heterocycles. The Bertz CT molecular complexity index is 849. The van der Waals surface area contributed by atoms with Crippen LogP contribution < -0.4 is 9.08 Å². The Balaban J connectivity index is 2.05. The van der Waals surface area contributed by atoms with Gasteiger partial charge in [0, 0.05) is 30.4 Å². The van der Waals surface area contributed by atoms with Crippen molar-refractivity contribution in [2.45, 2.75) is 5.51 Å². The van der Waals surface area contributed by atoms with Crippen molar-refractivity contribution in [2.75, 3.05) is 31.2 Å². The van der Waals surface area contributed by atoms with Gasteiger partial charge in [0.25, 0.3) is 0 Å². The van der Waals surface area contributed by atoms with Crippen LogP contribution in [0, 0.1) is 0 Å². The Kier molecular flexibility index (Phi) is 4.26. The van der Waals surface area contributed by atoms with Crippen molar-refractivity contribution in [3.05, 3.63) is 30.5 Å². The molecular weight excluding hydrogens is 349 g/mol. The molecule has 0 bridgehead atoms. The van der Waals surface area contributed by atoms with Crippen LogP contribution >= 0.6 is 0 Å². The fraction of sp³-hybridized carbons (Fsp3) is 0.357. The number of aromatic nitrogens is 1. The van der Waals surface area contributed by atoms with E-state index in [2.05, 4.69) is 9.17 Å². The minimum Gasteiger partial charge on any atom is -0.378 e. The van der Waals surface area contributed by atoms with Crippen LogP contribution in [0.3, 0.4) is 0 Å². The number of para-hydroxylation sites is 1. The Morgan fingerprint density at radius 2 is 1.88 bits per heavy atom. The number of ether oxygens (including phenoxy) is 1. The van der Waals surface area contributed by atoms with E-state index in [1.807, 2.05) is 4.90 Å². The van der Waals surface area contributed by atoms with Crippen molar-refractivity contribution in [3.8, 4) is 5.75 Å². The highest BCUT2D eigenvalue weighted by Crippen LogP contribution is 2.34. The summed E-state index contributed by atoms with van der Waals surface area (Å²) in [6.45, 7) is 2.29. The largest absolute Gasteiger partial charge is 0.534 e. The minimum absolute atomic E-state index is 0.0503. The zero-order valence-corrected chi connectivity index (χ0v) is 13.1. The van der Waals surface area contributed by atoms with Crippen molar-refractivity contribution >= 4 is 26.7 Å². The molecule has 0 radical (unpaired) electrons. The highest BCUT2D eigenvalue weighted by molar-refractivity contribution is 7.88. The lowest BCUT2D eigenvalue weighted by Crippen LogP contribution is -2.36. The van der Waals surface area contributed by atoms with E-state index in [4.69, 9.17) is 4.74 Å². The number of pyridine rings is 1. The maximum Gasteiger partial charge on any atom is 0.534 e. The van der Waals surface area contributed by atoms with Crippen LogP contribution in [0.1, 0.15) is 0 Å². The van der Waals surface area contributed by atoms with Crippen LogP contribution in [0.25, 0.3) is 10.9 Å². The lowest BCUT2D eigenvalue weighted by Gasteiger charge is -2.29. The van der Waals surface area contributed by atoms with Gasteiger partial charge in [0.1, 0.15) is 5.52 Å². The van der Waals surface area contributed by atoms with Gasteiger partial charge in [-0.2, -0.15) is 21.6 Å². The average Bonchev–Trinajstić information content (AvgIpc) is 2.54. The number of hydrogen-bond acceptors (Lipinski definition) is 6. The summed E-state index contributed by atoms with van der Waals surface area (Å²) in [7, 11) is -5.75. The summed E-state index contributed by atoms with van der Waals surface area (Å²) in [6, 6.07) is 5.94. The highest BCUT2D eigenvalue weighted by atomic mass is 32.2. The molecule has 6 nitrogen and oxygen atoms in total. The van der Waals surface area contributed by atoms with E-state index in [9.17, 15) is 21.6 Å². The van der Waals surface area contributed by atoms with Crippen molar-refractivity contribution in [1.29, 1.82) is 0 Å². The molecule has 0 unspecified atom stereocenters. The Labute approximate surface area is 135 Å². The third-order valence-electron chi connectivity index (χ3n) is 3.55. The van der Waals surface area contributed by atoms with Crippen LogP contribution in [0.15, 0.2) is 30.5 Å². The van der Waals surface area contributed by atoms with Gasteiger partial charge in [-0.1, -0.05) is 12.1 Å². The van der Waals surface area contributed by atoms with Gasteiger partial charge in [-0.05, 0) is 12.1 Å². The van der Waals surface area contributed by atoms with E-state index in [1.165, 1.54) is 12.3 Å². The number of morpholine rings is 1. The van der Waals surface area contributed by atoms with E-state index < -0.39 is 21.4 Å². The van der Waals surface area contributed by atoms with Crippen LogP contribution in [0.2, 0.25) is 0 Å². The van der Waals surface area contributed by atoms with Crippen molar-refractivity contribution in [3.63, 3.8) is 0 Å². The monoisotopic (exact) mass is 362 g/mol. The Hall–Kier alpha value is -2.07. The SMILES string of the molecule is O=S(=O)(Oc1cccc2c(N3CCOCC3)ccnc12)C(F)(F)F. The summed E-state index contributed by atoms with van der Waals surface area (Å²) < 4.78 is 69.6. The molecule has 0 amide bonds. The number of rotatable bonds is 3. The molecule has 0 atom stereocenters. The lowest BCUT2D eigenvalue weighted by molar-refractivity contribution is -0.0499. The number of alkyl halides is 3. The molecule has 1 saturated heterocycles. The molecule has 24 heavy (non-hydrogen) atoms. The topological polar surface area (TPSA) is 68.7 Å². The first-order valence-electron chi connectivity index (χ1n) is 7.01. The predicted octanol–water partition coefficient (Wildman–Crippen LogP) is 2.30. The fourth-order valence-electron chi connectivity index (χ4n) is 2.45. The summed E-state index contributed by atoms with van der Waals surface area (Å²) in [5.41, 5.74) is -4.72. The van der Waals surface area contributed by atoms with Gasteiger partial charge in [-0.25, -0.2) is 0 Å². The maximum atomic E-state index is 12.5. The van der Waals surface area contributed by atoms with Gasteiger partial charge in [-0.15, -0.1) is 0 Å². The number of fused-ring (bicyclic) bond motifs is 1. The second kappa shape index (κ2) is 6.10. The van der Waals surface area contributed by atoms with Crippen molar-refractivity contribution in [1.82, 2.24) is 4.98 Å². The van der Waals surface area contributed by atoms with Gasteiger partial charge >= 0.3 is 15.6 Å². The third kappa shape index (κ3) is 3.11. The number of halogens is 3. The quantitative estimate of drug-likeness (QED) is 0.617. The number of hydrogen-bond donors (Lipinski definition) is 0. The summed E-state index contributed by atoms with van der Waals surface area (Å²) in [4.78, 5) is 5.98. The molecule has 1 aliphatic heterocycles. The zero-order valence-electron chi connectivity index (χ0n) is 12.3. The summed E-state index contributed by atoms with van der Waals surface area (Å²) in [6.07, 6.45) is 1.40. The molecule has 0 spiro atoms. The summed E-state index contributed by atoms with van der Waals surface area (Å²) >= 11 is 0. The molecule has 130 valence electrons.